The molecule has 0 radical (unpaired) electrons. The van der Waals surface area contributed by atoms with Crippen molar-refractivity contribution in [3.05, 3.63) is 0 Å². The zero-order valence-corrected chi connectivity index (χ0v) is 18.2. The normalized spacial score (nSPS) is 45.7. The summed E-state index contributed by atoms with van der Waals surface area (Å²) >= 11 is 0. The number of hydrogen-bond donors (Lipinski definition) is 2. The third-order valence-corrected chi connectivity index (χ3v) is 8.21. The zero-order valence-electron chi connectivity index (χ0n) is 18.2. The van der Waals surface area contributed by atoms with Gasteiger partial charge in [0.05, 0.1) is 5.60 Å². The monoisotopic (exact) mass is 404 g/mol. The zero-order chi connectivity index (χ0) is 20.8. The highest BCUT2D eigenvalue weighted by atomic mass is 16.6. The number of hydrogen-bond acceptors (Lipinski definition) is 4. The van der Waals surface area contributed by atoms with Crippen LogP contribution in [0.1, 0.15) is 79.1 Å². The predicted octanol–water partition coefficient (Wildman–Crippen LogP) is 3.22. The molecule has 29 heavy (non-hydrogen) atoms. The maximum atomic E-state index is 13.9. The van der Waals surface area contributed by atoms with E-state index >= 15 is 0 Å². The van der Waals surface area contributed by atoms with Crippen molar-refractivity contribution in [3.8, 4) is 0 Å². The van der Waals surface area contributed by atoms with Gasteiger partial charge in [0.25, 0.3) is 0 Å². The van der Waals surface area contributed by atoms with E-state index in [9.17, 15) is 14.7 Å². The Balaban J connectivity index is 1.45. The maximum Gasteiger partial charge on any atom is 0.408 e. The number of amides is 2. The van der Waals surface area contributed by atoms with Gasteiger partial charge in [0, 0.05) is 17.5 Å². The molecule has 1 saturated heterocycles. The van der Waals surface area contributed by atoms with Crippen LogP contribution < -0.4 is 5.32 Å². The van der Waals surface area contributed by atoms with Crippen molar-refractivity contribution < 1.29 is 19.4 Å². The molecule has 6 atom stereocenters. The van der Waals surface area contributed by atoms with Crippen LogP contribution in [0.3, 0.4) is 0 Å². The van der Waals surface area contributed by atoms with E-state index in [-0.39, 0.29) is 17.4 Å². The van der Waals surface area contributed by atoms with Gasteiger partial charge in [0.2, 0.25) is 5.91 Å². The van der Waals surface area contributed by atoms with Crippen LogP contribution in [0, 0.1) is 23.2 Å². The average molecular weight is 405 g/mol. The quantitative estimate of drug-likeness (QED) is 0.757. The first-order chi connectivity index (χ1) is 13.5. The van der Waals surface area contributed by atoms with E-state index in [1.807, 2.05) is 20.8 Å². The second kappa shape index (κ2) is 6.12. The molecule has 6 fully saturated rings. The van der Waals surface area contributed by atoms with Crippen molar-refractivity contribution in [3.63, 3.8) is 0 Å². The van der Waals surface area contributed by atoms with Gasteiger partial charge in [-0.15, -0.1) is 0 Å². The van der Waals surface area contributed by atoms with E-state index in [0.29, 0.717) is 30.2 Å². The largest absolute Gasteiger partial charge is 0.444 e. The van der Waals surface area contributed by atoms with Crippen LogP contribution in [-0.4, -0.2) is 51.3 Å². The first-order valence-corrected chi connectivity index (χ1v) is 11.5. The lowest BCUT2D eigenvalue weighted by molar-refractivity contribution is -0.180. The van der Waals surface area contributed by atoms with Gasteiger partial charge in [0.15, 0.2) is 0 Å². The first kappa shape index (κ1) is 19.7. The maximum absolute atomic E-state index is 13.9. The second-order valence-electron chi connectivity index (χ2n) is 12.0. The summed E-state index contributed by atoms with van der Waals surface area (Å²) in [5.41, 5.74) is -1.63. The Hall–Kier alpha value is -1.30. The smallest absolute Gasteiger partial charge is 0.408 e. The Morgan fingerprint density at radius 3 is 2.28 bits per heavy atom. The standard InChI is InChI=1S/C23H36N2O4/c1-13-5-16-7-17(16)25(13)19(26)18(24-20(27)29-21(2,3)4)22-8-14-6-15(9-22)11-23(28,10-14)12-22/h13-18,28H,5-12H2,1-4H3,(H,24,27)/t13?,14?,15?,16-,17+,18?,22?,23?/m1/s1. The molecule has 6 aliphatic rings. The molecule has 6 rings (SSSR count). The Morgan fingerprint density at radius 1 is 1.10 bits per heavy atom. The Kier molecular flexibility index (Phi) is 4.14. The molecule has 0 aromatic rings. The van der Waals surface area contributed by atoms with Crippen LogP contribution in [0.25, 0.3) is 0 Å². The van der Waals surface area contributed by atoms with Crippen LogP contribution in [0.4, 0.5) is 4.79 Å². The highest BCUT2D eigenvalue weighted by molar-refractivity contribution is 5.88. The van der Waals surface area contributed by atoms with E-state index < -0.39 is 23.3 Å². The molecule has 6 heteroatoms. The number of nitrogens with one attached hydrogen (secondary N) is 1. The topological polar surface area (TPSA) is 78.9 Å². The predicted molar refractivity (Wildman–Crippen MR) is 108 cm³/mol. The molecule has 2 amide bonds. The molecule has 0 spiro atoms. The summed E-state index contributed by atoms with van der Waals surface area (Å²) in [5, 5.41) is 14.2. The molecule has 4 unspecified atom stereocenters. The molecule has 5 saturated carbocycles. The minimum atomic E-state index is -0.670. The molecule has 0 aromatic carbocycles. The van der Waals surface area contributed by atoms with Gasteiger partial charge >= 0.3 is 6.09 Å². The summed E-state index contributed by atoms with van der Waals surface area (Å²) < 4.78 is 5.55. The summed E-state index contributed by atoms with van der Waals surface area (Å²) in [6.07, 6.45) is 6.97. The fourth-order valence-corrected chi connectivity index (χ4v) is 7.76. The fraction of sp³-hybridized carbons (Fsp3) is 0.913. The molecule has 1 heterocycles. The molecule has 5 aliphatic carbocycles. The van der Waals surface area contributed by atoms with Crippen molar-refractivity contribution in [1.29, 1.82) is 0 Å². The lowest BCUT2D eigenvalue weighted by Crippen LogP contribution is -2.66. The highest BCUT2D eigenvalue weighted by Gasteiger charge is 2.63. The molecular weight excluding hydrogens is 368 g/mol. The summed E-state index contributed by atoms with van der Waals surface area (Å²) in [6.45, 7) is 7.65. The van der Waals surface area contributed by atoms with E-state index in [1.54, 1.807) is 0 Å². The third-order valence-electron chi connectivity index (χ3n) is 8.21. The number of ether oxygens (including phenoxy) is 1. The molecular formula is C23H36N2O4. The number of carbonyl (C=O) groups excluding carboxylic acids is 2. The minimum absolute atomic E-state index is 0.0545. The first-order valence-electron chi connectivity index (χ1n) is 11.5. The van der Waals surface area contributed by atoms with E-state index in [1.165, 1.54) is 0 Å². The van der Waals surface area contributed by atoms with Crippen LogP contribution in [0.2, 0.25) is 0 Å². The number of alkyl carbamates (subject to hydrolysis) is 1. The number of rotatable bonds is 3. The lowest BCUT2D eigenvalue weighted by atomic mass is 9.46. The van der Waals surface area contributed by atoms with Crippen LogP contribution in [0.15, 0.2) is 0 Å². The Bertz CT molecular complexity index is 713. The van der Waals surface area contributed by atoms with Gasteiger partial charge in [-0.3, -0.25) is 4.79 Å². The average Bonchev–Trinajstić information content (AvgIpc) is 3.19. The summed E-state index contributed by atoms with van der Waals surface area (Å²) in [5.74, 6) is 1.61. The number of likely N-dealkylation sites (tertiary alicyclic amines) is 1. The Labute approximate surface area is 173 Å². The fourth-order valence-electron chi connectivity index (χ4n) is 7.76. The molecule has 4 bridgehead atoms. The van der Waals surface area contributed by atoms with Gasteiger partial charge in [-0.1, -0.05) is 0 Å². The summed E-state index contributed by atoms with van der Waals surface area (Å²) in [6, 6.07) is -0.0276. The second-order valence-corrected chi connectivity index (χ2v) is 12.0. The number of nitrogens with zero attached hydrogens (tertiary/aromatic N) is 1. The number of aliphatic hydroxyl groups is 1. The number of piperidine rings is 1. The van der Waals surface area contributed by atoms with Gasteiger partial charge in [-0.05, 0) is 96.8 Å². The lowest BCUT2D eigenvalue weighted by Gasteiger charge is -2.62. The third kappa shape index (κ3) is 3.35. The van der Waals surface area contributed by atoms with E-state index in [4.69, 9.17) is 4.74 Å². The number of carbonyl (C=O) groups is 2. The van der Waals surface area contributed by atoms with Crippen LogP contribution >= 0.6 is 0 Å². The van der Waals surface area contributed by atoms with E-state index in [0.717, 1.165) is 44.9 Å². The van der Waals surface area contributed by atoms with Gasteiger partial charge in [0.1, 0.15) is 11.6 Å². The Morgan fingerprint density at radius 2 is 1.76 bits per heavy atom. The van der Waals surface area contributed by atoms with Crippen molar-refractivity contribution in [2.24, 2.45) is 23.2 Å². The molecule has 1 aliphatic heterocycles. The summed E-state index contributed by atoms with van der Waals surface area (Å²) in [4.78, 5) is 28.7. The van der Waals surface area contributed by atoms with Gasteiger partial charge < -0.3 is 20.1 Å². The number of fused-ring (bicyclic) bond motifs is 1. The van der Waals surface area contributed by atoms with Crippen molar-refractivity contribution >= 4 is 12.0 Å². The van der Waals surface area contributed by atoms with Crippen LogP contribution in [0.5, 0.6) is 0 Å². The van der Waals surface area contributed by atoms with Crippen LogP contribution in [-0.2, 0) is 9.53 Å². The SMILES string of the molecule is CC1C[C@@H]2C[C@@H]2N1C(=O)C(NC(=O)OC(C)(C)C)C12CC3CC(CC(O)(C3)C1)C2. The highest BCUT2D eigenvalue weighted by Crippen LogP contribution is 2.63. The van der Waals surface area contributed by atoms with E-state index in [2.05, 4.69) is 17.1 Å². The minimum Gasteiger partial charge on any atom is -0.444 e. The molecule has 0 aromatic heterocycles. The van der Waals surface area contributed by atoms with Gasteiger partial charge in [-0.25, -0.2) is 4.79 Å². The molecule has 162 valence electrons. The molecule has 2 N–H and O–H groups in total. The van der Waals surface area contributed by atoms with Crippen molar-refractivity contribution in [1.82, 2.24) is 10.2 Å². The van der Waals surface area contributed by atoms with Crippen molar-refractivity contribution in [2.45, 2.75) is 108 Å². The van der Waals surface area contributed by atoms with Gasteiger partial charge in [-0.2, -0.15) is 0 Å². The summed E-state index contributed by atoms with van der Waals surface area (Å²) in [7, 11) is 0. The molecule has 6 nitrogen and oxygen atoms in total. The van der Waals surface area contributed by atoms with Crippen molar-refractivity contribution in [2.75, 3.05) is 0 Å².